The summed E-state index contributed by atoms with van der Waals surface area (Å²) in [5, 5.41) is 12.8. The fraction of sp³-hybridized carbons (Fsp3) is 0.938. The largest absolute Gasteiger partial charge is 0.481 e. The number of hydrogen-bond donors (Lipinski definition) is 2. The van der Waals surface area contributed by atoms with Gasteiger partial charge in [-0.05, 0) is 50.0 Å². The van der Waals surface area contributed by atoms with E-state index in [1.54, 1.807) is 0 Å². The van der Waals surface area contributed by atoms with E-state index in [0.29, 0.717) is 11.3 Å². The highest BCUT2D eigenvalue weighted by atomic mass is 16.4. The van der Waals surface area contributed by atoms with Crippen LogP contribution in [-0.4, -0.2) is 23.2 Å². The molecule has 0 spiro atoms. The van der Waals surface area contributed by atoms with E-state index in [9.17, 15) is 9.90 Å². The van der Waals surface area contributed by atoms with Gasteiger partial charge in [-0.15, -0.1) is 0 Å². The van der Waals surface area contributed by atoms with Crippen molar-refractivity contribution in [2.45, 2.75) is 78.2 Å². The molecule has 0 heterocycles. The summed E-state index contributed by atoms with van der Waals surface area (Å²) in [6.07, 6.45) is 6.86. The number of carbonyl (C=O) groups is 1. The first-order chi connectivity index (χ1) is 8.79. The predicted molar refractivity (Wildman–Crippen MR) is 79.3 cm³/mol. The van der Waals surface area contributed by atoms with Crippen molar-refractivity contribution in [1.29, 1.82) is 0 Å². The highest BCUT2D eigenvalue weighted by molar-refractivity contribution is 5.68. The molecule has 3 heteroatoms. The van der Waals surface area contributed by atoms with Gasteiger partial charge in [0, 0.05) is 5.54 Å². The van der Waals surface area contributed by atoms with Crippen LogP contribution in [0.1, 0.15) is 72.6 Å². The van der Waals surface area contributed by atoms with E-state index < -0.39 is 5.97 Å². The molecule has 1 aliphatic carbocycles. The number of carboxylic acid groups (broad SMARTS) is 1. The van der Waals surface area contributed by atoms with E-state index >= 15 is 0 Å². The topological polar surface area (TPSA) is 49.3 Å². The Morgan fingerprint density at radius 2 is 2.00 bits per heavy atom. The average molecular weight is 269 g/mol. The second-order valence-electron chi connectivity index (χ2n) is 7.27. The van der Waals surface area contributed by atoms with Gasteiger partial charge in [0.2, 0.25) is 0 Å². The van der Waals surface area contributed by atoms with Crippen LogP contribution >= 0.6 is 0 Å². The molecule has 0 bridgehead atoms. The minimum Gasteiger partial charge on any atom is -0.481 e. The number of carboxylic acids is 1. The van der Waals surface area contributed by atoms with Crippen molar-refractivity contribution in [2.75, 3.05) is 6.54 Å². The fourth-order valence-electron chi connectivity index (χ4n) is 3.37. The summed E-state index contributed by atoms with van der Waals surface area (Å²) in [4.78, 5) is 11.2. The molecule has 2 unspecified atom stereocenters. The van der Waals surface area contributed by atoms with Gasteiger partial charge in [0.25, 0.3) is 0 Å². The lowest BCUT2D eigenvalue weighted by Gasteiger charge is -2.34. The summed E-state index contributed by atoms with van der Waals surface area (Å²) in [7, 11) is 0. The molecular formula is C16H31NO2. The van der Waals surface area contributed by atoms with Gasteiger partial charge in [-0.3, -0.25) is 4.79 Å². The summed E-state index contributed by atoms with van der Waals surface area (Å²) in [6, 6.07) is 0. The molecule has 1 aliphatic rings. The third-order valence-corrected chi connectivity index (χ3v) is 4.64. The van der Waals surface area contributed by atoms with Crippen molar-refractivity contribution in [3.8, 4) is 0 Å². The molecule has 1 fully saturated rings. The number of hydrogen-bond acceptors (Lipinski definition) is 2. The molecule has 1 rings (SSSR count). The van der Waals surface area contributed by atoms with Crippen molar-refractivity contribution < 1.29 is 9.90 Å². The second-order valence-corrected chi connectivity index (χ2v) is 7.27. The molecular weight excluding hydrogens is 238 g/mol. The molecule has 19 heavy (non-hydrogen) atoms. The van der Waals surface area contributed by atoms with Crippen molar-refractivity contribution in [3.63, 3.8) is 0 Å². The first-order valence-electron chi connectivity index (χ1n) is 7.76. The Bertz CT molecular complexity index is 296. The lowest BCUT2D eigenvalue weighted by Crippen LogP contribution is -2.47. The Balaban J connectivity index is 2.74. The first kappa shape index (κ1) is 16.5. The maximum absolute atomic E-state index is 11.2. The van der Waals surface area contributed by atoms with E-state index in [4.69, 9.17) is 0 Å². The smallest absolute Gasteiger partial charge is 0.305 e. The third kappa shape index (κ3) is 5.13. The predicted octanol–water partition coefficient (Wildman–Crippen LogP) is 3.83. The highest BCUT2D eigenvalue weighted by Crippen LogP contribution is 2.40. The van der Waals surface area contributed by atoms with Crippen LogP contribution < -0.4 is 5.32 Å². The minimum atomic E-state index is -0.669. The monoisotopic (exact) mass is 269 g/mol. The third-order valence-electron chi connectivity index (χ3n) is 4.64. The quantitative estimate of drug-likeness (QED) is 0.746. The van der Waals surface area contributed by atoms with Crippen molar-refractivity contribution >= 4 is 5.97 Å². The van der Waals surface area contributed by atoms with Crippen molar-refractivity contribution in [2.24, 2.45) is 11.3 Å². The van der Waals surface area contributed by atoms with Crippen LogP contribution in [0.15, 0.2) is 0 Å². The summed E-state index contributed by atoms with van der Waals surface area (Å²) in [5.74, 6) is 0.0457. The van der Waals surface area contributed by atoms with E-state index in [0.717, 1.165) is 38.6 Å². The van der Waals surface area contributed by atoms with Gasteiger partial charge in [0.15, 0.2) is 0 Å². The van der Waals surface area contributed by atoms with Crippen LogP contribution in [0, 0.1) is 11.3 Å². The minimum absolute atomic E-state index is 0.165. The van der Waals surface area contributed by atoms with Gasteiger partial charge in [0.1, 0.15) is 0 Å². The van der Waals surface area contributed by atoms with E-state index in [1.807, 2.05) is 0 Å². The lowest BCUT2D eigenvalue weighted by molar-refractivity contribution is -0.139. The molecule has 2 atom stereocenters. The summed E-state index contributed by atoms with van der Waals surface area (Å²) < 4.78 is 0. The highest BCUT2D eigenvalue weighted by Gasteiger charge is 2.37. The maximum Gasteiger partial charge on any atom is 0.305 e. The van der Waals surface area contributed by atoms with E-state index in [-0.39, 0.29) is 12.0 Å². The number of rotatable bonds is 5. The van der Waals surface area contributed by atoms with Gasteiger partial charge >= 0.3 is 5.97 Å². The van der Waals surface area contributed by atoms with Crippen LogP contribution in [0.25, 0.3) is 0 Å². The molecule has 0 radical (unpaired) electrons. The second kappa shape index (κ2) is 6.74. The SMILES string of the molecule is CCCNC1(CC(=O)O)CCCC(C(C)(C)C)CC1. The first-order valence-corrected chi connectivity index (χ1v) is 7.76. The van der Waals surface area contributed by atoms with Gasteiger partial charge in [-0.25, -0.2) is 0 Å². The van der Waals surface area contributed by atoms with Crippen LogP contribution in [0.4, 0.5) is 0 Å². The molecule has 0 aromatic heterocycles. The Kier molecular flexibility index (Phi) is 5.84. The van der Waals surface area contributed by atoms with Gasteiger partial charge in [-0.2, -0.15) is 0 Å². The molecule has 112 valence electrons. The van der Waals surface area contributed by atoms with Crippen LogP contribution in [-0.2, 0) is 4.79 Å². The normalized spacial score (nSPS) is 28.9. The maximum atomic E-state index is 11.2. The number of aliphatic carboxylic acids is 1. The lowest BCUT2D eigenvalue weighted by atomic mass is 9.76. The molecule has 0 aromatic carbocycles. The average Bonchev–Trinajstić information content (AvgIpc) is 2.48. The Morgan fingerprint density at radius 3 is 2.53 bits per heavy atom. The molecule has 0 saturated heterocycles. The zero-order chi connectivity index (χ0) is 14.5. The summed E-state index contributed by atoms with van der Waals surface area (Å²) >= 11 is 0. The molecule has 1 saturated carbocycles. The van der Waals surface area contributed by atoms with Crippen LogP contribution in [0.3, 0.4) is 0 Å². The zero-order valence-electron chi connectivity index (χ0n) is 13.1. The van der Waals surface area contributed by atoms with E-state index in [1.165, 1.54) is 6.42 Å². The molecule has 0 aliphatic heterocycles. The molecule has 0 amide bonds. The Morgan fingerprint density at radius 1 is 1.32 bits per heavy atom. The molecule has 0 aromatic rings. The van der Waals surface area contributed by atoms with Crippen LogP contribution in [0.5, 0.6) is 0 Å². The number of nitrogens with one attached hydrogen (secondary N) is 1. The molecule has 2 N–H and O–H groups in total. The summed E-state index contributed by atoms with van der Waals surface area (Å²) in [6.45, 7) is 9.98. The summed E-state index contributed by atoms with van der Waals surface area (Å²) in [5.41, 5.74) is 0.173. The van der Waals surface area contributed by atoms with Gasteiger partial charge in [-0.1, -0.05) is 34.1 Å². The van der Waals surface area contributed by atoms with E-state index in [2.05, 4.69) is 33.0 Å². The fourth-order valence-corrected chi connectivity index (χ4v) is 3.37. The zero-order valence-corrected chi connectivity index (χ0v) is 13.1. The Hall–Kier alpha value is -0.570. The van der Waals surface area contributed by atoms with Gasteiger partial charge in [0.05, 0.1) is 6.42 Å². The van der Waals surface area contributed by atoms with Crippen molar-refractivity contribution in [3.05, 3.63) is 0 Å². The standard InChI is InChI=1S/C16H31NO2/c1-5-11-17-16(12-14(18)19)9-6-7-13(8-10-16)15(2,3)4/h13,17H,5-12H2,1-4H3,(H,18,19). The molecule has 3 nitrogen and oxygen atoms in total. The van der Waals surface area contributed by atoms with Crippen molar-refractivity contribution in [1.82, 2.24) is 5.32 Å². The van der Waals surface area contributed by atoms with Crippen LogP contribution in [0.2, 0.25) is 0 Å². The Labute approximate surface area is 118 Å². The van der Waals surface area contributed by atoms with Gasteiger partial charge < -0.3 is 10.4 Å².